The monoisotopic (exact) mass is 702 g/mol. The van der Waals surface area contributed by atoms with Crippen molar-refractivity contribution < 1.29 is 27.8 Å². The number of nitrogens with zero attached hydrogens (tertiary/aromatic N) is 3. The number of nitriles is 1. The maximum Gasteiger partial charge on any atom is 0.407 e. The first-order valence-corrected chi connectivity index (χ1v) is 16.8. The predicted octanol–water partition coefficient (Wildman–Crippen LogP) is 8.32. The van der Waals surface area contributed by atoms with Crippen LogP contribution in [-0.2, 0) is 22.5 Å². The molecule has 10 nitrogen and oxygen atoms in total. The van der Waals surface area contributed by atoms with Crippen molar-refractivity contribution in [1.82, 2.24) is 10.3 Å². The Morgan fingerprint density at radius 3 is 2.41 bits per heavy atom. The van der Waals surface area contributed by atoms with Gasteiger partial charge < -0.3 is 30.4 Å². The van der Waals surface area contributed by atoms with E-state index >= 15 is 0 Å². The molecule has 3 N–H and O–H groups in total. The van der Waals surface area contributed by atoms with E-state index in [4.69, 9.17) is 19.9 Å². The molecule has 0 spiro atoms. The summed E-state index contributed by atoms with van der Waals surface area (Å²) in [4.78, 5) is 31.4. The van der Waals surface area contributed by atoms with Crippen LogP contribution in [-0.4, -0.2) is 47.5 Å². The van der Waals surface area contributed by atoms with Gasteiger partial charge in [-0.1, -0.05) is 26.0 Å². The van der Waals surface area contributed by atoms with E-state index in [9.17, 15) is 23.6 Å². The zero-order valence-electron chi connectivity index (χ0n) is 30.5. The van der Waals surface area contributed by atoms with Gasteiger partial charge in [-0.3, -0.25) is 4.79 Å². The molecule has 2 heterocycles. The Morgan fingerprint density at radius 1 is 1.12 bits per heavy atom. The first-order chi connectivity index (χ1) is 24.1. The molecule has 0 aliphatic carbocycles. The summed E-state index contributed by atoms with van der Waals surface area (Å²) in [6, 6.07) is 10.7. The molecule has 2 unspecified atom stereocenters. The average molecular weight is 703 g/mol. The van der Waals surface area contributed by atoms with E-state index in [0.717, 1.165) is 12.1 Å². The fourth-order valence-electron chi connectivity index (χ4n) is 5.59. The van der Waals surface area contributed by atoms with E-state index in [2.05, 4.69) is 29.9 Å². The van der Waals surface area contributed by atoms with Gasteiger partial charge >= 0.3 is 6.09 Å². The van der Waals surface area contributed by atoms with Crippen molar-refractivity contribution in [2.75, 3.05) is 16.8 Å². The minimum atomic E-state index is -1.00. The van der Waals surface area contributed by atoms with Gasteiger partial charge in [-0.05, 0) is 95.2 Å². The van der Waals surface area contributed by atoms with Crippen LogP contribution in [0.3, 0.4) is 0 Å². The van der Waals surface area contributed by atoms with Crippen LogP contribution in [0.2, 0.25) is 0 Å². The lowest BCUT2D eigenvalue weighted by molar-refractivity contribution is -0.121. The lowest BCUT2D eigenvalue weighted by Crippen LogP contribution is -2.38. The number of ether oxygens (including phenoxy) is 2. The standard InChI is InChI=1S/C37H44F2N6O4.C2H4/c1-21(2)14-30-26(17-40)34(27(18-41)35(44-30)42-22(3)8-9-23(4)43-36(47)49-37(5,6)7)25-11-13-31-32(16-25)48-20-33(46)45(31)19-24-10-12-28(38)29(39)15-24;1-2/h10-13,15-16,18,21-23,41H,8-9,14,19-20H2,1-7H3,(H,42,44)(H,43,47);1-2H2. The van der Waals surface area contributed by atoms with Gasteiger partial charge in [0.1, 0.15) is 23.2 Å². The molecule has 2 aromatic carbocycles. The molecule has 1 aromatic heterocycles. The zero-order valence-corrected chi connectivity index (χ0v) is 30.5. The molecule has 51 heavy (non-hydrogen) atoms. The maximum atomic E-state index is 13.9. The van der Waals surface area contributed by atoms with E-state index < -0.39 is 23.3 Å². The highest BCUT2D eigenvalue weighted by Crippen LogP contribution is 2.40. The van der Waals surface area contributed by atoms with Crippen LogP contribution in [0.15, 0.2) is 49.6 Å². The van der Waals surface area contributed by atoms with Crippen molar-refractivity contribution >= 4 is 29.7 Å². The number of alkyl carbamates (subject to hydrolysis) is 1. The third-order valence-corrected chi connectivity index (χ3v) is 7.86. The summed E-state index contributed by atoms with van der Waals surface area (Å²) in [5.41, 5.74) is 2.70. The SMILES string of the molecule is C=C.CC(C)Cc1nc(NC(C)CCC(C)NC(=O)OC(C)(C)C)c(C=N)c(-c2ccc3c(c2)OCC(=O)N3Cc2ccc(F)c(F)c2)c1C#N. The number of rotatable bonds is 12. The van der Waals surface area contributed by atoms with Crippen LogP contribution in [0.25, 0.3) is 11.1 Å². The van der Waals surface area contributed by atoms with Crippen LogP contribution < -0.4 is 20.3 Å². The topological polar surface area (TPSA) is 140 Å². The fourth-order valence-corrected chi connectivity index (χ4v) is 5.59. The predicted molar refractivity (Wildman–Crippen MR) is 196 cm³/mol. The van der Waals surface area contributed by atoms with Crippen LogP contribution in [0.5, 0.6) is 5.75 Å². The van der Waals surface area contributed by atoms with E-state index in [-0.39, 0.29) is 37.1 Å². The number of benzene rings is 2. The number of halogens is 2. The lowest BCUT2D eigenvalue weighted by Gasteiger charge is -2.30. The number of amides is 2. The number of hydrogen-bond acceptors (Lipinski definition) is 8. The number of fused-ring (bicyclic) bond motifs is 1. The number of aromatic nitrogens is 1. The van der Waals surface area contributed by atoms with Crippen molar-refractivity contribution in [1.29, 1.82) is 10.7 Å². The van der Waals surface area contributed by atoms with E-state index in [1.807, 2.05) is 48.5 Å². The second-order valence-corrected chi connectivity index (χ2v) is 13.8. The van der Waals surface area contributed by atoms with Gasteiger partial charge in [0, 0.05) is 29.4 Å². The molecule has 4 rings (SSSR count). The third kappa shape index (κ3) is 10.6. The van der Waals surface area contributed by atoms with Gasteiger partial charge in [-0.15, -0.1) is 13.2 Å². The fraction of sp³-hybridized carbons (Fsp3) is 0.410. The summed E-state index contributed by atoms with van der Waals surface area (Å²) in [6.07, 6.45) is 2.53. The summed E-state index contributed by atoms with van der Waals surface area (Å²) in [7, 11) is 0. The maximum absolute atomic E-state index is 13.9. The van der Waals surface area contributed by atoms with Crippen molar-refractivity contribution in [3.8, 4) is 22.9 Å². The summed E-state index contributed by atoms with van der Waals surface area (Å²) in [5.74, 6) is -1.31. The van der Waals surface area contributed by atoms with Crippen molar-refractivity contribution in [2.45, 2.75) is 92.0 Å². The highest BCUT2D eigenvalue weighted by atomic mass is 19.2. The van der Waals surface area contributed by atoms with Gasteiger partial charge in [-0.25, -0.2) is 18.6 Å². The van der Waals surface area contributed by atoms with Gasteiger partial charge in [0.2, 0.25) is 0 Å². The second-order valence-electron chi connectivity index (χ2n) is 13.8. The number of nitrogens with one attached hydrogen (secondary N) is 3. The van der Waals surface area contributed by atoms with Crippen LogP contribution >= 0.6 is 0 Å². The Balaban J connectivity index is 0.00000345. The molecule has 3 aromatic rings. The number of carbonyl (C=O) groups excluding carboxylic acids is 2. The normalized spacial score (nSPS) is 13.5. The Hall–Kier alpha value is -5.31. The van der Waals surface area contributed by atoms with Crippen LogP contribution in [0.4, 0.5) is 25.1 Å². The molecule has 1 aliphatic heterocycles. The highest BCUT2D eigenvalue weighted by Gasteiger charge is 2.28. The number of pyridine rings is 1. The molecular weight excluding hydrogens is 654 g/mol. The first kappa shape index (κ1) is 40.1. The molecule has 0 radical (unpaired) electrons. The van der Waals surface area contributed by atoms with Gasteiger partial charge in [0.25, 0.3) is 5.91 Å². The Bertz CT molecular complexity index is 1780. The number of anilines is 2. The van der Waals surface area contributed by atoms with Gasteiger partial charge in [0.05, 0.1) is 23.5 Å². The average Bonchev–Trinajstić information content (AvgIpc) is 3.06. The summed E-state index contributed by atoms with van der Waals surface area (Å²) >= 11 is 0. The molecule has 272 valence electrons. The third-order valence-electron chi connectivity index (χ3n) is 7.86. The Labute approximate surface area is 299 Å². The number of hydrogen-bond donors (Lipinski definition) is 3. The lowest BCUT2D eigenvalue weighted by atomic mass is 9.91. The van der Waals surface area contributed by atoms with Crippen molar-refractivity contribution in [2.24, 2.45) is 5.92 Å². The van der Waals surface area contributed by atoms with Crippen LogP contribution in [0, 0.1) is 34.3 Å². The number of carbonyl (C=O) groups is 2. The molecule has 0 bridgehead atoms. The molecule has 2 amide bonds. The van der Waals surface area contributed by atoms with Gasteiger partial charge in [-0.2, -0.15) is 5.26 Å². The minimum absolute atomic E-state index is 0.00654. The van der Waals surface area contributed by atoms with Crippen LogP contribution in [0.1, 0.15) is 83.7 Å². The largest absolute Gasteiger partial charge is 0.482 e. The minimum Gasteiger partial charge on any atom is -0.482 e. The highest BCUT2D eigenvalue weighted by molar-refractivity contribution is 6.00. The summed E-state index contributed by atoms with van der Waals surface area (Å²) in [6.45, 7) is 19.1. The summed E-state index contributed by atoms with van der Waals surface area (Å²) in [5, 5.41) is 25.1. The molecule has 0 saturated heterocycles. The molecular formula is C39H48F2N6O4. The van der Waals surface area contributed by atoms with Crippen molar-refractivity contribution in [3.63, 3.8) is 0 Å². The molecule has 1 aliphatic rings. The zero-order chi connectivity index (χ0) is 38.0. The Kier molecular flexibility index (Phi) is 13.8. The quantitative estimate of drug-likeness (QED) is 0.127. The Morgan fingerprint density at radius 2 is 1.80 bits per heavy atom. The van der Waals surface area contributed by atoms with E-state index in [1.165, 1.54) is 17.2 Å². The molecule has 2 atom stereocenters. The second kappa shape index (κ2) is 17.6. The first-order valence-electron chi connectivity index (χ1n) is 16.8. The van der Waals surface area contributed by atoms with Crippen molar-refractivity contribution in [3.05, 3.63) is 83.6 Å². The molecule has 12 heteroatoms. The smallest absolute Gasteiger partial charge is 0.407 e. The van der Waals surface area contributed by atoms with E-state index in [1.54, 1.807) is 18.2 Å². The molecule has 0 fully saturated rings. The van der Waals surface area contributed by atoms with Gasteiger partial charge in [0.15, 0.2) is 18.2 Å². The molecule has 0 saturated carbocycles. The van der Waals surface area contributed by atoms with E-state index in [0.29, 0.717) is 70.0 Å². The summed E-state index contributed by atoms with van der Waals surface area (Å²) < 4.78 is 38.6.